The number of alkyl halides is 6. The molecule has 0 bridgehead atoms. The van der Waals surface area contributed by atoms with Crippen LogP contribution >= 0.6 is 15.9 Å². The summed E-state index contributed by atoms with van der Waals surface area (Å²) in [6.45, 7) is 0. The van der Waals surface area contributed by atoms with E-state index in [1.165, 1.54) is 0 Å². The van der Waals surface area contributed by atoms with Crippen LogP contribution in [0.2, 0.25) is 0 Å². The molecule has 156 valence electrons. The number of aliphatic carboxylic acids is 1. The Kier molecular flexibility index (Phi) is 6.61. The molecule has 0 aromatic heterocycles. The van der Waals surface area contributed by atoms with Crippen LogP contribution in [0.3, 0.4) is 0 Å². The van der Waals surface area contributed by atoms with Gasteiger partial charge in [-0.25, -0.2) is 4.79 Å². The lowest BCUT2D eigenvalue weighted by Crippen LogP contribution is -2.42. The fourth-order valence-corrected chi connectivity index (χ4v) is 2.87. The maximum absolute atomic E-state index is 12.9. The summed E-state index contributed by atoms with van der Waals surface area (Å²) in [6, 6.07) is 5.17. The highest BCUT2D eigenvalue weighted by atomic mass is 79.9. The van der Waals surface area contributed by atoms with Gasteiger partial charge in [0.2, 0.25) is 0 Å². The molecule has 0 aliphatic carbocycles. The molecule has 2 aromatic rings. The first kappa shape index (κ1) is 22.7. The summed E-state index contributed by atoms with van der Waals surface area (Å²) in [7, 11) is 0. The third kappa shape index (κ3) is 6.21. The Morgan fingerprint density at radius 2 is 1.52 bits per heavy atom. The summed E-state index contributed by atoms with van der Waals surface area (Å²) < 4.78 is 78.1. The Labute approximate surface area is 168 Å². The molecule has 2 N–H and O–H groups in total. The van der Waals surface area contributed by atoms with E-state index in [0.717, 1.165) is 0 Å². The van der Waals surface area contributed by atoms with E-state index in [4.69, 9.17) is 0 Å². The van der Waals surface area contributed by atoms with E-state index >= 15 is 0 Å². The van der Waals surface area contributed by atoms with Gasteiger partial charge < -0.3 is 10.4 Å². The van der Waals surface area contributed by atoms with Crippen LogP contribution in [-0.4, -0.2) is 23.0 Å². The van der Waals surface area contributed by atoms with Gasteiger partial charge in [0.05, 0.1) is 11.1 Å². The number of nitrogens with one attached hydrogen (secondary N) is 1. The highest BCUT2D eigenvalue weighted by Gasteiger charge is 2.37. The number of carbonyl (C=O) groups excluding carboxylic acids is 1. The number of hydrogen-bond acceptors (Lipinski definition) is 2. The Balaban J connectivity index is 2.35. The van der Waals surface area contributed by atoms with Crippen molar-refractivity contribution in [1.29, 1.82) is 0 Å². The molecule has 1 amide bonds. The van der Waals surface area contributed by atoms with Crippen LogP contribution in [0.25, 0.3) is 0 Å². The summed E-state index contributed by atoms with van der Waals surface area (Å²) >= 11 is 3.18. The molecule has 0 radical (unpaired) electrons. The average Bonchev–Trinajstić information content (AvgIpc) is 2.59. The van der Waals surface area contributed by atoms with E-state index in [0.29, 0.717) is 10.0 Å². The van der Waals surface area contributed by atoms with E-state index in [2.05, 4.69) is 15.9 Å². The lowest BCUT2D eigenvalue weighted by atomic mass is 10.0. The minimum atomic E-state index is -5.13. The van der Waals surface area contributed by atoms with Crippen LogP contribution in [0.1, 0.15) is 27.0 Å². The minimum Gasteiger partial charge on any atom is -0.480 e. The number of benzene rings is 2. The molecule has 2 rings (SSSR count). The lowest BCUT2D eigenvalue weighted by Gasteiger charge is -2.17. The van der Waals surface area contributed by atoms with Gasteiger partial charge in [-0.15, -0.1) is 0 Å². The zero-order chi connectivity index (χ0) is 22.0. The monoisotopic (exact) mass is 483 g/mol. The third-order valence-electron chi connectivity index (χ3n) is 3.78. The first-order valence-corrected chi connectivity index (χ1v) is 8.64. The molecule has 0 saturated carbocycles. The molecular weight excluding hydrogens is 472 g/mol. The normalized spacial score (nSPS) is 13.1. The van der Waals surface area contributed by atoms with Crippen LogP contribution < -0.4 is 5.32 Å². The van der Waals surface area contributed by atoms with Crippen LogP contribution in [0, 0.1) is 0 Å². The maximum atomic E-state index is 12.9. The zero-order valence-electron chi connectivity index (χ0n) is 14.2. The second kappa shape index (κ2) is 8.44. The van der Waals surface area contributed by atoms with Gasteiger partial charge in [0, 0.05) is 16.5 Å². The zero-order valence-corrected chi connectivity index (χ0v) is 15.8. The van der Waals surface area contributed by atoms with Crippen molar-refractivity contribution in [2.24, 2.45) is 0 Å². The molecule has 0 spiro atoms. The van der Waals surface area contributed by atoms with Gasteiger partial charge in [-0.2, -0.15) is 26.3 Å². The van der Waals surface area contributed by atoms with Crippen molar-refractivity contribution in [2.45, 2.75) is 24.8 Å². The largest absolute Gasteiger partial charge is 0.480 e. The molecule has 0 fully saturated rings. The third-order valence-corrected chi connectivity index (χ3v) is 4.28. The average molecular weight is 484 g/mol. The van der Waals surface area contributed by atoms with Crippen molar-refractivity contribution in [1.82, 2.24) is 5.32 Å². The van der Waals surface area contributed by atoms with Gasteiger partial charge in [0.25, 0.3) is 5.91 Å². The number of rotatable bonds is 5. The Morgan fingerprint density at radius 3 is 1.97 bits per heavy atom. The Morgan fingerprint density at radius 1 is 0.966 bits per heavy atom. The van der Waals surface area contributed by atoms with Crippen molar-refractivity contribution < 1.29 is 41.0 Å². The molecule has 0 aliphatic heterocycles. The van der Waals surface area contributed by atoms with Crippen LogP contribution in [0.15, 0.2) is 46.9 Å². The van der Waals surface area contributed by atoms with Crippen molar-refractivity contribution in [3.63, 3.8) is 0 Å². The van der Waals surface area contributed by atoms with Gasteiger partial charge >= 0.3 is 18.3 Å². The van der Waals surface area contributed by atoms with Gasteiger partial charge in [0.1, 0.15) is 6.04 Å². The second-order valence-electron chi connectivity index (χ2n) is 5.99. The van der Waals surface area contributed by atoms with Crippen LogP contribution in [-0.2, 0) is 23.6 Å². The van der Waals surface area contributed by atoms with Gasteiger partial charge in [0.15, 0.2) is 0 Å². The Bertz CT molecular complexity index is 894. The molecule has 0 saturated heterocycles. The smallest absolute Gasteiger partial charge is 0.416 e. The van der Waals surface area contributed by atoms with Crippen LogP contribution in [0.5, 0.6) is 0 Å². The maximum Gasteiger partial charge on any atom is 0.416 e. The summed E-state index contributed by atoms with van der Waals surface area (Å²) in [5.41, 5.74) is -3.81. The minimum absolute atomic E-state index is 0.118. The summed E-state index contributed by atoms with van der Waals surface area (Å²) in [4.78, 5) is 23.7. The van der Waals surface area contributed by atoms with Gasteiger partial charge in [-0.3, -0.25) is 4.79 Å². The molecule has 4 nitrogen and oxygen atoms in total. The summed E-state index contributed by atoms with van der Waals surface area (Å²) in [5.74, 6) is -2.87. The number of amides is 1. The van der Waals surface area contributed by atoms with Gasteiger partial charge in [-0.05, 0) is 35.9 Å². The van der Waals surface area contributed by atoms with E-state index < -0.39 is 47.0 Å². The predicted molar refractivity (Wildman–Crippen MR) is 93.2 cm³/mol. The van der Waals surface area contributed by atoms with Gasteiger partial charge in [-0.1, -0.05) is 28.1 Å². The molecule has 29 heavy (non-hydrogen) atoms. The predicted octanol–water partition coefficient (Wildman–Crippen LogP) is 4.91. The fourth-order valence-electron chi connectivity index (χ4n) is 2.43. The molecule has 11 heteroatoms. The molecule has 1 atom stereocenters. The number of carboxylic acids is 1. The number of halogens is 7. The van der Waals surface area contributed by atoms with Crippen molar-refractivity contribution in [3.05, 3.63) is 69.2 Å². The van der Waals surface area contributed by atoms with Crippen molar-refractivity contribution in [2.75, 3.05) is 0 Å². The number of hydrogen-bond donors (Lipinski definition) is 2. The number of carboxylic acid groups (broad SMARTS) is 1. The quantitative estimate of drug-likeness (QED) is 0.593. The molecule has 0 heterocycles. The SMILES string of the molecule is O=C(N[C@@H](Cc1cccc(Br)c1)C(=O)O)c1cc(C(F)(F)F)cc(C(F)(F)F)c1. The molecule has 2 aromatic carbocycles. The summed E-state index contributed by atoms with van der Waals surface area (Å²) in [5, 5.41) is 11.3. The molecule has 0 aliphatic rings. The second-order valence-corrected chi connectivity index (χ2v) is 6.91. The van der Waals surface area contributed by atoms with Crippen molar-refractivity contribution in [3.8, 4) is 0 Å². The lowest BCUT2D eigenvalue weighted by molar-refractivity contribution is -0.143. The highest BCUT2D eigenvalue weighted by Crippen LogP contribution is 2.36. The highest BCUT2D eigenvalue weighted by molar-refractivity contribution is 9.10. The standard InChI is InChI=1S/C18H12BrF6NO3/c19-13-3-1-2-9(4-13)5-14(16(28)29)26-15(27)10-6-11(17(20,21)22)8-12(7-10)18(23,24)25/h1-4,6-8,14H,5H2,(H,26,27)(H,28,29)/t14-/m0/s1. The first-order valence-electron chi connectivity index (χ1n) is 7.85. The van der Waals surface area contributed by atoms with Crippen LogP contribution in [0.4, 0.5) is 26.3 Å². The summed E-state index contributed by atoms with van der Waals surface area (Å²) in [6.07, 6.45) is -10.5. The fraction of sp³-hybridized carbons (Fsp3) is 0.222. The van der Waals surface area contributed by atoms with E-state index in [9.17, 15) is 41.0 Å². The topological polar surface area (TPSA) is 66.4 Å². The van der Waals surface area contributed by atoms with E-state index in [1.54, 1.807) is 24.3 Å². The number of carbonyl (C=O) groups is 2. The van der Waals surface area contributed by atoms with Crippen molar-refractivity contribution >= 4 is 27.8 Å². The Hall–Kier alpha value is -2.56. The first-order chi connectivity index (χ1) is 13.3. The molecule has 0 unspecified atom stereocenters. The van der Waals surface area contributed by atoms with E-state index in [1.807, 2.05) is 5.32 Å². The molecular formula is C18H12BrF6NO3. The van der Waals surface area contributed by atoms with E-state index in [-0.39, 0.29) is 24.6 Å².